The highest BCUT2D eigenvalue weighted by molar-refractivity contribution is 14.0. The van der Waals surface area contributed by atoms with Crippen molar-refractivity contribution in [3.63, 3.8) is 0 Å². The van der Waals surface area contributed by atoms with E-state index in [-0.39, 0.29) is 35.4 Å². The standard InChI is InChI=1S/C24H33FN4O2.HI/c1-24(2,3)31-22-8-6-5-7-19(22)17-28-23(26-4)27-16-18-9-10-21(20(25)15-18)29-11-13-30-14-12-29;/h5-10,15H,11-14,16-17H2,1-4H3,(H2,26,27,28);1H. The first-order valence-electron chi connectivity index (χ1n) is 10.7. The van der Waals surface area contributed by atoms with Gasteiger partial charge in [-0.05, 0) is 44.5 Å². The van der Waals surface area contributed by atoms with Gasteiger partial charge in [-0.1, -0.05) is 24.3 Å². The van der Waals surface area contributed by atoms with E-state index in [1.54, 1.807) is 13.1 Å². The minimum absolute atomic E-state index is 0. The third-order valence-corrected chi connectivity index (χ3v) is 4.88. The minimum atomic E-state index is -0.270. The van der Waals surface area contributed by atoms with Crippen LogP contribution in [0.4, 0.5) is 10.1 Å². The van der Waals surface area contributed by atoms with Crippen molar-refractivity contribution in [2.24, 2.45) is 4.99 Å². The van der Waals surface area contributed by atoms with Gasteiger partial charge in [0.05, 0.1) is 18.9 Å². The smallest absolute Gasteiger partial charge is 0.191 e. The predicted octanol–water partition coefficient (Wildman–Crippen LogP) is 4.32. The molecule has 3 rings (SSSR count). The number of guanidine groups is 1. The van der Waals surface area contributed by atoms with Crippen molar-refractivity contribution in [1.82, 2.24) is 10.6 Å². The van der Waals surface area contributed by atoms with Crippen LogP contribution in [0.5, 0.6) is 5.75 Å². The molecule has 2 N–H and O–H groups in total. The fourth-order valence-corrected chi connectivity index (χ4v) is 3.39. The molecule has 1 aliphatic heterocycles. The van der Waals surface area contributed by atoms with Gasteiger partial charge in [-0.3, -0.25) is 4.99 Å². The highest BCUT2D eigenvalue weighted by Gasteiger charge is 2.16. The first-order valence-corrected chi connectivity index (χ1v) is 10.7. The molecule has 1 saturated heterocycles. The van der Waals surface area contributed by atoms with Crippen LogP contribution < -0.4 is 20.3 Å². The quantitative estimate of drug-likeness (QED) is 0.316. The first kappa shape index (κ1) is 26.2. The zero-order valence-electron chi connectivity index (χ0n) is 19.3. The van der Waals surface area contributed by atoms with Gasteiger partial charge in [0.15, 0.2) is 5.96 Å². The number of nitrogens with one attached hydrogen (secondary N) is 2. The maximum Gasteiger partial charge on any atom is 0.191 e. The topological polar surface area (TPSA) is 58.1 Å². The normalized spacial score (nSPS) is 14.5. The summed E-state index contributed by atoms with van der Waals surface area (Å²) in [5, 5.41) is 6.55. The van der Waals surface area contributed by atoms with Crippen LogP contribution in [0.1, 0.15) is 31.9 Å². The van der Waals surface area contributed by atoms with E-state index in [0.717, 1.165) is 16.9 Å². The molecule has 1 aliphatic rings. The van der Waals surface area contributed by atoms with E-state index >= 15 is 0 Å². The molecule has 0 saturated carbocycles. The average molecular weight is 556 g/mol. The van der Waals surface area contributed by atoms with Crippen molar-refractivity contribution < 1.29 is 13.9 Å². The fourth-order valence-electron chi connectivity index (χ4n) is 3.39. The lowest BCUT2D eigenvalue weighted by Gasteiger charge is -2.29. The van der Waals surface area contributed by atoms with Crippen LogP contribution in [-0.4, -0.2) is 44.9 Å². The summed E-state index contributed by atoms with van der Waals surface area (Å²) in [4.78, 5) is 6.30. The van der Waals surface area contributed by atoms with Gasteiger partial charge in [0.2, 0.25) is 0 Å². The molecular formula is C24H34FIN4O2. The largest absolute Gasteiger partial charge is 0.488 e. The van der Waals surface area contributed by atoms with Crippen LogP contribution in [0.15, 0.2) is 47.5 Å². The Hall–Kier alpha value is -2.07. The Labute approximate surface area is 207 Å². The molecule has 0 atom stereocenters. The van der Waals surface area contributed by atoms with Gasteiger partial charge in [-0.2, -0.15) is 0 Å². The molecule has 176 valence electrons. The molecule has 0 unspecified atom stereocenters. The zero-order chi connectivity index (χ0) is 22.3. The molecule has 0 aliphatic carbocycles. The van der Waals surface area contributed by atoms with Crippen LogP contribution in [0.3, 0.4) is 0 Å². The molecule has 0 bridgehead atoms. The molecule has 2 aromatic rings. The Kier molecular flexibility index (Phi) is 10.0. The van der Waals surface area contributed by atoms with Crippen molar-refractivity contribution >= 4 is 35.6 Å². The van der Waals surface area contributed by atoms with Gasteiger partial charge < -0.3 is 25.0 Å². The van der Waals surface area contributed by atoms with Crippen LogP contribution in [0, 0.1) is 5.82 Å². The second kappa shape index (κ2) is 12.2. The Bertz CT molecular complexity index is 896. The molecular weight excluding hydrogens is 522 g/mol. The SMILES string of the molecule is CN=C(NCc1ccc(N2CCOCC2)c(F)c1)NCc1ccccc1OC(C)(C)C.I. The number of anilines is 1. The lowest BCUT2D eigenvalue weighted by Crippen LogP contribution is -2.37. The van der Waals surface area contributed by atoms with E-state index in [4.69, 9.17) is 9.47 Å². The summed E-state index contributed by atoms with van der Waals surface area (Å²) < 4.78 is 26.0. The molecule has 32 heavy (non-hydrogen) atoms. The van der Waals surface area contributed by atoms with Gasteiger partial charge >= 0.3 is 0 Å². The second-order valence-corrected chi connectivity index (χ2v) is 8.49. The van der Waals surface area contributed by atoms with Crippen LogP contribution in [0.25, 0.3) is 0 Å². The number of rotatable bonds is 6. The molecule has 8 heteroatoms. The molecule has 0 radical (unpaired) electrons. The lowest BCUT2D eigenvalue weighted by atomic mass is 10.1. The summed E-state index contributed by atoms with van der Waals surface area (Å²) in [6.07, 6.45) is 0. The summed E-state index contributed by atoms with van der Waals surface area (Å²) in [6.45, 7) is 9.82. The average Bonchev–Trinajstić information content (AvgIpc) is 2.74. The Morgan fingerprint density at radius 2 is 1.78 bits per heavy atom. The number of hydrogen-bond acceptors (Lipinski definition) is 4. The van der Waals surface area contributed by atoms with E-state index < -0.39 is 0 Å². The van der Waals surface area contributed by atoms with E-state index in [1.165, 1.54) is 0 Å². The molecule has 0 aromatic heterocycles. The molecule has 6 nitrogen and oxygen atoms in total. The van der Waals surface area contributed by atoms with Gasteiger partial charge in [0.25, 0.3) is 0 Å². The van der Waals surface area contributed by atoms with Gasteiger partial charge in [-0.25, -0.2) is 4.39 Å². The maximum absolute atomic E-state index is 14.6. The zero-order valence-corrected chi connectivity index (χ0v) is 21.6. The third kappa shape index (κ3) is 7.81. The van der Waals surface area contributed by atoms with E-state index in [1.807, 2.05) is 62.1 Å². The highest BCUT2D eigenvalue weighted by Crippen LogP contribution is 2.23. The second-order valence-electron chi connectivity index (χ2n) is 8.49. The van der Waals surface area contributed by atoms with Crippen molar-refractivity contribution in [1.29, 1.82) is 0 Å². The van der Waals surface area contributed by atoms with E-state index in [9.17, 15) is 4.39 Å². The molecule has 1 fully saturated rings. The highest BCUT2D eigenvalue weighted by atomic mass is 127. The molecule has 0 spiro atoms. The van der Waals surface area contributed by atoms with E-state index in [0.29, 0.717) is 51.0 Å². The Morgan fingerprint density at radius 3 is 2.44 bits per heavy atom. The molecule has 2 aromatic carbocycles. The minimum Gasteiger partial charge on any atom is -0.488 e. The summed E-state index contributed by atoms with van der Waals surface area (Å²) in [5.41, 5.74) is 2.26. The van der Waals surface area contributed by atoms with Crippen LogP contribution in [0.2, 0.25) is 0 Å². The van der Waals surface area contributed by atoms with Crippen molar-refractivity contribution in [2.75, 3.05) is 38.3 Å². The predicted molar refractivity (Wildman–Crippen MR) is 139 cm³/mol. The first-order chi connectivity index (χ1) is 14.9. The van der Waals surface area contributed by atoms with E-state index in [2.05, 4.69) is 15.6 Å². The fraction of sp³-hybridized carbons (Fsp3) is 0.458. The Balaban J connectivity index is 0.00000363. The summed E-state index contributed by atoms with van der Waals surface area (Å²) >= 11 is 0. The number of ether oxygens (including phenoxy) is 2. The summed E-state index contributed by atoms with van der Waals surface area (Å²) in [6, 6.07) is 13.3. The maximum atomic E-state index is 14.6. The number of nitrogens with zero attached hydrogens (tertiary/aromatic N) is 2. The van der Waals surface area contributed by atoms with Crippen molar-refractivity contribution in [2.45, 2.75) is 39.5 Å². The van der Waals surface area contributed by atoms with Crippen molar-refractivity contribution in [3.05, 3.63) is 59.4 Å². The molecule has 0 amide bonds. The summed E-state index contributed by atoms with van der Waals surface area (Å²) in [7, 11) is 1.72. The Morgan fingerprint density at radius 1 is 1.09 bits per heavy atom. The lowest BCUT2D eigenvalue weighted by molar-refractivity contribution is 0.122. The third-order valence-electron chi connectivity index (χ3n) is 4.88. The number of halogens is 2. The number of hydrogen-bond donors (Lipinski definition) is 2. The van der Waals surface area contributed by atoms with Crippen LogP contribution >= 0.6 is 24.0 Å². The van der Waals surface area contributed by atoms with Crippen molar-refractivity contribution in [3.8, 4) is 5.75 Å². The number of morpholine rings is 1. The van der Waals surface area contributed by atoms with Crippen LogP contribution in [-0.2, 0) is 17.8 Å². The summed E-state index contributed by atoms with van der Waals surface area (Å²) in [5.74, 6) is 1.28. The molecule has 1 heterocycles. The number of aliphatic imine (C=N–C) groups is 1. The number of para-hydroxylation sites is 1. The van der Waals surface area contributed by atoms with Gasteiger partial charge in [0.1, 0.15) is 17.2 Å². The monoisotopic (exact) mass is 556 g/mol. The van der Waals surface area contributed by atoms with Gasteiger partial charge in [-0.15, -0.1) is 24.0 Å². The number of benzene rings is 2. The van der Waals surface area contributed by atoms with Gasteiger partial charge in [0, 0.05) is 38.8 Å².